The summed E-state index contributed by atoms with van der Waals surface area (Å²) < 4.78 is 0. The quantitative estimate of drug-likeness (QED) is 0.683. The molecule has 0 saturated heterocycles. The molecule has 0 radical (unpaired) electrons. The first-order valence-corrected chi connectivity index (χ1v) is 6.08. The van der Waals surface area contributed by atoms with Gasteiger partial charge in [-0.1, -0.05) is 50.1 Å². The molecule has 1 aromatic rings. The molecule has 1 heteroatoms. The van der Waals surface area contributed by atoms with Crippen LogP contribution in [0.2, 0.25) is 0 Å². The van der Waals surface area contributed by atoms with Crippen LogP contribution in [0.4, 0.5) is 0 Å². The lowest BCUT2D eigenvalue weighted by atomic mass is 10.1. The van der Waals surface area contributed by atoms with E-state index in [0.29, 0.717) is 0 Å². The van der Waals surface area contributed by atoms with Crippen molar-refractivity contribution in [2.75, 3.05) is 19.6 Å². The third-order valence-electron chi connectivity index (χ3n) is 2.70. The molecule has 0 saturated carbocycles. The van der Waals surface area contributed by atoms with Crippen LogP contribution in [0.3, 0.4) is 0 Å². The van der Waals surface area contributed by atoms with Crippen molar-refractivity contribution in [1.29, 1.82) is 0 Å². The zero-order chi connectivity index (χ0) is 11.6. The summed E-state index contributed by atoms with van der Waals surface area (Å²) in [4.78, 5) is 2.33. The van der Waals surface area contributed by atoms with Crippen molar-refractivity contribution in [2.24, 2.45) is 0 Å². The first-order valence-electron chi connectivity index (χ1n) is 6.08. The normalized spacial score (nSPS) is 9.94. The van der Waals surface area contributed by atoms with Gasteiger partial charge in [0.15, 0.2) is 0 Å². The van der Waals surface area contributed by atoms with Crippen molar-refractivity contribution < 1.29 is 0 Å². The van der Waals surface area contributed by atoms with Crippen molar-refractivity contribution in [2.45, 2.75) is 26.7 Å². The highest BCUT2D eigenvalue weighted by Crippen LogP contribution is 2.01. The minimum atomic E-state index is 0.905. The lowest BCUT2D eigenvalue weighted by Crippen LogP contribution is -2.22. The summed E-state index contributed by atoms with van der Waals surface area (Å²) in [5.74, 6) is 6.47. The third kappa shape index (κ3) is 5.00. The fourth-order valence-corrected chi connectivity index (χ4v) is 1.55. The second-order valence-corrected chi connectivity index (χ2v) is 3.80. The zero-order valence-electron chi connectivity index (χ0n) is 10.4. The van der Waals surface area contributed by atoms with Crippen LogP contribution in [0.15, 0.2) is 30.3 Å². The Bertz CT molecular complexity index is 327. The van der Waals surface area contributed by atoms with Gasteiger partial charge in [0.1, 0.15) is 0 Å². The Morgan fingerprint density at radius 1 is 1.00 bits per heavy atom. The molecule has 0 aromatic heterocycles. The molecule has 0 aliphatic heterocycles. The van der Waals surface area contributed by atoms with E-state index in [9.17, 15) is 0 Å². The number of benzene rings is 1. The Morgan fingerprint density at radius 2 is 1.69 bits per heavy atom. The Balaban J connectivity index is 2.23. The summed E-state index contributed by atoms with van der Waals surface area (Å²) in [5, 5.41) is 0. The van der Waals surface area contributed by atoms with Gasteiger partial charge in [-0.15, -0.1) is 5.92 Å². The van der Waals surface area contributed by atoms with Gasteiger partial charge in [-0.05, 0) is 25.1 Å². The highest BCUT2D eigenvalue weighted by molar-refractivity contribution is 5.16. The van der Waals surface area contributed by atoms with Crippen LogP contribution < -0.4 is 0 Å². The van der Waals surface area contributed by atoms with Crippen LogP contribution in [-0.4, -0.2) is 24.5 Å². The van der Waals surface area contributed by atoms with E-state index in [2.05, 4.69) is 60.9 Å². The molecule has 0 spiro atoms. The second kappa shape index (κ2) is 7.96. The molecule has 0 atom stereocenters. The molecular weight excluding hydrogens is 194 g/mol. The van der Waals surface area contributed by atoms with Crippen molar-refractivity contribution >= 4 is 0 Å². The van der Waals surface area contributed by atoms with Gasteiger partial charge in [0.05, 0.1) is 6.54 Å². The van der Waals surface area contributed by atoms with Crippen LogP contribution >= 0.6 is 0 Å². The summed E-state index contributed by atoms with van der Waals surface area (Å²) in [6, 6.07) is 10.5. The molecule has 1 nitrogen and oxygen atoms in total. The van der Waals surface area contributed by atoms with Gasteiger partial charge < -0.3 is 0 Å². The zero-order valence-corrected chi connectivity index (χ0v) is 10.4. The van der Waals surface area contributed by atoms with E-state index in [1.807, 2.05) is 0 Å². The molecule has 1 aromatic carbocycles. The summed E-state index contributed by atoms with van der Waals surface area (Å²) in [6.45, 7) is 7.43. The fourth-order valence-electron chi connectivity index (χ4n) is 1.55. The maximum absolute atomic E-state index is 3.24. The van der Waals surface area contributed by atoms with Crippen LogP contribution in [0.5, 0.6) is 0 Å². The number of hydrogen-bond donors (Lipinski definition) is 0. The van der Waals surface area contributed by atoms with E-state index in [-0.39, 0.29) is 0 Å². The van der Waals surface area contributed by atoms with Gasteiger partial charge in [-0.2, -0.15) is 0 Å². The molecule has 1 rings (SSSR count). The number of rotatable bonds is 5. The van der Waals surface area contributed by atoms with Gasteiger partial charge in [-0.25, -0.2) is 0 Å². The van der Waals surface area contributed by atoms with Crippen LogP contribution in [0.1, 0.15) is 25.8 Å². The fraction of sp³-hybridized carbons (Fsp3) is 0.467. The van der Waals surface area contributed by atoms with Gasteiger partial charge in [0.2, 0.25) is 0 Å². The van der Waals surface area contributed by atoms with E-state index < -0.39 is 0 Å². The lowest BCUT2D eigenvalue weighted by Gasteiger charge is -2.13. The molecule has 0 fully saturated rings. The summed E-state index contributed by atoms with van der Waals surface area (Å²) in [7, 11) is 0. The molecule has 0 heterocycles. The van der Waals surface area contributed by atoms with E-state index in [1.54, 1.807) is 0 Å². The van der Waals surface area contributed by atoms with Crippen LogP contribution in [0, 0.1) is 11.8 Å². The van der Waals surface area contributed by atoms with Crippen molar-refractivity contribution in [3.8, 4) is 11.8 Å². The summed E-state index contributed by atoms with van der Waals surface area (Å²) in [5.41, 5.74) is 1.37. The third-order valence-corrected chi connectivity index (χ3v) is 2.70. The average molecular weight is 215 g/mol. The molecular formula is C15H21N. The average Bonchev–Trinajstić information content (AvgIpc) is 2.35. The lowest BCUT2D eigenvalue weighted by molar-refractivity contribution is 0.342. The SMILES string of the molecule is CCN(CC)CC#CCCc1ccccc1. The molecule has 0 bridgehead atoms. The molecule has 0 N–H and O–H groups in total. The van der Waals surface area contributed by atoms with E-state index in [0.717, 1.165) is 32.5 Å². The smallest absolute Gasteiger partial charge is 0.0601 e. The maximum Gasteiger partial charge on any atom is 0.0601 e. The molecule has 0 aliphatic rings. The first kappa shape index (κ1) is 12.8. The molecule has 86 valence electrons. The molecule has 16 heavy (non-hydrogen) atoms. The number of hydrogen-bond acceptors (Lipinski definition) is 1. The summed E-state index contributed by atoms with van der Waals surface area (Å²) in [6.07, 6.45) is 2.03. The van der Waals surface area contributed by atoms with Crippen molar-refractivity contribution in [3.63, 3.8) is 0 Å². The maximum atomic E-state index is 3.24. The van der Waals surface area contributed by atoms with Crippen molar-refractivity contribution in [3.05, 3.63) is 35.9 Å². The Hall–Kier alpha value is -1.26. The number of nitrogens with zero attached hydrogens (tertiary/aromatic N) is 1. The van der Waals surface area contributed by atoms with Crippen LogP contribution in [-0.2, 0) is 6.42 Å². The van der Waals surface area contributed by atoms with Gasteiger partial charge in [0.25, 0.3) is 0 Å². The standard InChI is InChI=1S/C15H21N/c1-3-16(4-2)14-10-6-9-13-15-11-7-5-8-12-15/h5,7-8,11-12H,3-4,9,13-14H2,1-2H3. The summed E-state index contributed by atoms with van der Waals surface area (Å²) >= 11 is 0. The van der Waals surface area contributed by atoms with Gasteiger partial charge >= 0.3 is 0 Å². The van der Waals surface area contributed by atoms with E-state index in [1.165, 1.54) is 5.56 Å². The van der Waals surface area contributed by atoms with Gasteiger partial charge in [0, 0.05) is 6.42 Å². The highest BCUT2D eigenvalue weighted by Gasteiger charge is 1.93. The molecule has 0 amide bonds. The van der Waals surface area contributed by atoms with Gasteiger partial charge in [-0.3, -0.25) is 4.90 Å². The number of aryl methyl sites for hydroxylation is 1. The van der Waals surface area contributed by atoms with Crippen LogP contribution in [0.25, 0.3) is 0 Å². The largest absolute Gasteiger partial charge is 0.293 e. The second-order valence-electron chi connectivity index (χ2n) is 3.80. The van der Waals surface area contributed by atoms with Crippen molar-refractivity contribution in [1.82, 2.24) is 4.90 Å². The predicted molar refractivity (Wildman–Crippen MR) is 70.3 cm³/mol. The monoisotopic (exact) mass is 215 g/mol. The van der Waals surface area contributed by atoms with E-state index in [4.69, 9.17) is 0 Å². The Kier molecular flexibility index (Phi) is 6.37. The Labute approximate surface area is 99.5 Å². The molecule has 0 unspecified atom stereocenters. The van der Waals surface area contributed by atoms with E-state index >= 15 is 0 Å². The highest BCUT2D eigenvalue weighted by atomic mass is 15.1. The Morgan fingerprint density at radius 3 is 2.31 bits per heavy atom. The topological polar surface area (TPSA) is 3.24 Å². The minimum absolute atomic E-state index is 0.905. The minimum Gasteiger partial charge on any atom is -0.293 e. The first-order chi connectivity index (χ1) is 7.86. The predicted octanol–water partition coefficient (Wildman–Crippen LogP) is 2.96. The molecule has 0 aliphatic carbocycles.